The minimum Gasteiger partial charge on any atom is -0.314 e. The molecule has 1 N–H and O–H groups in total. The normalized spacial score (nSPS) is 18.6. The lowest BCUT2D eigenvalue weighted by molar-refractivity contribution is 0.175. The Hall–Kier alpha value is -0.640. The van der Waals surface area contributed by atoms with Crippen LogP contribution in [0.3, 0.4) is 0 Å². The van der Waals surface area contributed by atoms with Crippen LogP contribution >= 0.6 is 22.6 Å². The first kappa shape index (κ1) is 12.8. The average Bonchev–Trinajstić information content (AvgIpc) is 2.37. The van der Waals surface area contributed by atoms with Gasteiger partial charge in [-0.2, -0.15) is 5.26 Å². The molecule has 3 nitrogen and oxygen atoms in total. The molecule has 1 aromatic carbocycles. The van der Waals surface area contributed by atoms with Gasteiger partial charge in [-0.25, -0.2) is 0 Å². The fourth-order valence-corrected chi connectivity index (χ4v) is 2.82. The monoisotopic (exact) mass is 341 g/mol. The minimum atomic E-state index is 0.247. The molecule has 2 rings (SSSR count). The molecule has 1 aromatic rings. The first-order valence-electron chi connectivity index (χ1n) is 5.88. The third-order valence-electron chi connectivity index (χ3n) is 3.11. The summed E-state index contributed by atoms with van der Waals surface area (Å²) in [6.45, 7) is 4.09. The smallest absolute Gasteiger partial charge is 0.0641 e. The summed E-state index contributed by atoms with van der Waals surface area (Å²) in [7, 11) is 0. The van der Waals surface area contributed by atoms with E-state index in [9.17, 15) is 0 Å². The van der Waals surface area contributed by atoms with Crippen LogP contribution in [0.25, 0.3) is 0 Å². The highest BCUT2D eigenvalue weighted by atomic mass is 127. The molecule has 0 radical (unpaired) electrons. The van der Waals surface area contributed by atoms with Gasteiger partial charge >= 0.3 is 0 Å². The van der Waals surface area contributed by atoms with Gasteiger partial charge < -0.3 is 5.32 Å². The zero-order valence-corrected chi connectivity index (χ0v) is 11.9. The van der Waals surface area contributed by atoms with Crippen molar-refractivity contribution in [2.45, 2.75) is 12.5 Å². The minimum absolute atomic E-state index is 0.247. The van der Waals surface area contributed by atoms with Crippen LogP contribution in [0.5, 0.6) is 0 Å². The Kier molecular flexibility index (Phi) is 4.77. The van der Waals surface area contributed by atoms with Crippen LogP contribution in [-0.4, -0.2) is 31.1 Å². The Balaban J connectivity index is 2.19. The van der Waals surface area contributed by atoms with E-state index in [2.05, 4.69) is 63.1 Å². The molecule has 1 heterocycles. The van der Waals surface area contributed by atoms with Gasteiger partial charge in [0.1, 0.15) is 0 Å². The van der Waals surface area contributed by atoms with Crippen LogP contribution < -0.4 is 5.32 Å². The Morgan fingerprint density at radius 2 is 2.18 bits per heavy atom. The summed E-state index contributed by atoms with van der Waals surface area (Å²) in [5.74, 6) is 0. The molecule has 0 spiro atoms. The number of nitriles is 1. The standard InChI is InChI=1S/C13H16IN3/c14-12-3-1-2-11(10-12)13(4-5-15)17-8-6-16-7-9-17/h1-3,10,13,16H,4,6-9H2/t13-/m0/s1. The topological polar surface area (TPSA) is 39.1 Å². The second-order valence-corrected chi connectivity index (χ2v) is 5.46. The van der Waals surface area contributed by atoms with E-state index in [4.69, 9.17) is 5.26 Å². The zero-order chi connectivity index (χ0) is 12.1. The molecule has 0 aromatic heterocycles. The summed E-state index contributed by atoms with van der Waals surface area (Å²) in [4.78, 5) is 2.41. The number of hydrogen-bond donors (Lipinski definition) is 1. The predicted molar refractivity (Wildman–Crippen MR) is 76.6 cm³/mol. The molecular formula is C13H16IN3. The lowest BCUT2D eigenvalue weighted by atomic mass is 10.0. The number of hydrogen-bond acceptors (Lipinski definition) is 3. The molecule has 1 fully saturated rings. The number of halogens is 1. The van der Waals surface area contributed by atoms with Gasteiger partial charge in [0.25, 0.3) is 0 Å². The van der Waals surface area contributed by atoms with Gasteiger partial charge in [-0.05, 0) is 40.3 Å². The summed E-state index contributed by atoms with van der Waals surface area (Å²) >= 11 is 2.32. The second-order valence-electron chi connectivity index (χ2n) is 4.22. The molecule has 0 amide bonds. The van der Waals surface area contributed by atoms with E-state index in [1.807, 2.05) is 0 Å². The first-order chi connectivity index (χ1) is 8.31. The summed E-state index contributed by atoms with van der Waals surface area (Å²) in [5, 5.41) is 12.4. The number of nitrogens with zero attached hydrogens (tertiary/aromatic N) is 2. The van der Waals surface area contributed by atoms with Crippen molar-refractivity contribution >= 4 is 22.6 Å². The van der Waals surface area contributed by atoms with Gasteiger partial charge in [0, 0.05) is 35.8 Å². The Morgan fingerprint density at radius 1 is 1.41 bits per heavy atom. The molecular weight excluding hydrogens is 325 g/mol. The highest BCUT2D eigenvalue weighted by molar-refractivity contribution is 14.1. The predicted octanol–water partition coefficient (Wildman–Crippen LogP) is 2.15. The van der Waals surface area contributed by atoms with Crippen LogP contribution in [0.1, 0.15) is 18.0 Å². The van der Waals surface area contributed by atoms with E-state index in [-0.39, 0.29) is 6.04 Å². The molecule has 1 atom stereocenters. The van der Waals surface area contributed by atoms with Crippen LogP contribution in [0.15, 0.2) is 24.3 Å². The molecule has 0 bridgehead atoms. The van der Waals surface area contributed by atoms with E-state index in [1.54, 1.807) is 0 Å². The summed E-state index contributed by atoms with van der Waals surface area (Å²) < 4.78 is 1.23. The highest BCUT2D eigenvalue weighted by Gasteiger charge is 2.21. The van der Waals surface area contributed by atoms with Crippen molar-refractivity contribution in [2.75, 3.05) is 26.2 Å². The zero-order valence-electron chi connectivity index (χ0n) is 9.69. The Labute approximate surface area is 116 Å². The Morgan fingerprint density at radius 3 is 2.82 bits per heavy atom. The molecule has 17 heavy (non-hydrogen) atoms. The van der Waals surface area contributed by atoms with Crippen molar-refractivity contribution in [3.8, 4) is 6.07 Å². The van der Waals surface area contributed by atoms with Crippen molar-refractivity contribution in [3.63, 3.8) is 0 Å². The number of piperazine rings is 1. The van der Waals surface area contributed by atoms with Gasteiger partial charge in [0.2, 0.25) is 0 Å². The van der Waals surface area contributed by atoms with Gasteiger partial charge in [0.15, 0.2) is 0 Å². The van der Waals surface area contributed by atoms with Crippen LogP contribution in [0, 0.1) is 14.9 Å². The maximum Gasteiger partial charge on any atom is 0.0641 e. The van der Waals surface area contributed by atoms with Crippen LogP contribution in [0.4, 0.5) is 0 Å². The van der Waals surface area contributed by atoms with Crippen molar-refractivity contribution in [3.05, 3.63) is 33.4 Å². The van der Waals surface area contributed by atoms with E-state index in [0.29, 0.717) is 6.42 Å². The summed E-state index contributed by atoms with van der Waals surface area (Å²) in [6.07, 6.45) is 0.570. The maximum absolute atomic E-state index is 9.00. The second kappa shape index (κ2) is 6.34. The van der Waals surface area contributed by atoms with Crippen molar-refractivity contribution in [1.82, 2.24) is 10.2 Å². The number of nitrogens with one attached hydrogen (secondary N) is 1. The van der Waals surface area contributed by atoms with E-state index < -0.39 is 0 Å². The first-order valence-corrected chi connectivity index (χ1v) is 6.96. The highest BCUT2D eigenvalue weighted by Crippen LogP contribution is 2.25. The lowest BCUT2D eigenvalue weighted by Gasteiger charge is -2.34. The van der Waals surface area contributed by atoms with Crippen molar-refractivity contribution in [2.24, 2.45) is 0 Å². The van der Waals surface area contributed by atoms with Crippen molar-refractivity contribution in [1.29, 1.82) is 5.26 Å². The fourth-order valence-electron chi connectivity index (χ4n) is 2.25. The van der Waals surface area contributed by atoms with Crippen LogP contribution in [-0.2, 0) is 0 Å². The van der Waals surface area contributed by atoms with E-state index in [0.717, 1.165) is 26.2 Å². The summed E-state index contributed by atoms with van der Waals surface area (Å²) in [5.41, 5.74) is 1.26. The maximum atomic E-state index is 9.00. The number of rotatable bonds is 3. The van der Waals surface area contributed by atoms with E-state index in [1.165, 1.54) is 9.13 Å². The summed E-state index contributed by atoms with van der Waals surface area (Å²) in [6, 6.07) is 11.0. The van der Waals surface area contributed by atoms with Crippen molar-refractivity contribution < 1.29 is 0 Å². The molecule has 0 aliphatic carbocycles. The lowest BCUT2D eigenvalue weighted by Crippen LogP contribution is -2.45. The fraction of sp³-hybridized carbons (Fsp3) is 0.462. The van der Waals surface area contributed by atoms with E-state index >= 15 is 0 Å². The molecule has 1 saturated heterocycles. The third kappa shape index (κ3) is 3.41. The molecule has 4 heteroatoms. The largest absolute Gasteiger partial charge is 0.314 e. The molecule has 0 unspecified atom stereocenters. The molecule has 0 saturated carbocycles. The third-order valence-corrected chi connectivity index (χ3v) is 3.78. The average molecular weight is 341 g/mol. The van der Waals surface area contributed by atoms with Gasteiger partial charge in [0.05, 0.1) is 12.5 Å². The molecule has 90 valence electrons. The number of benzene rings is 1. The Bertz CT molecular complexity index is 407. The van der Waals surface area contributed by atoms with Gasteiger partial charge in [-0.15, -0.1) is 0 Å². The van der Waals surface area contributed by atoms with Gasteiger partial charge in [-0.1, -0.05) is 12.1 Å². The molecule has 1 aliphatic rings. The molecule has 1 aliphatic heterocycles. The SMILES string of the molecule is N#CC[C@@H](c1cccc(I)c1)N1CCNCC1. The quantitative estimate of drug-likeness (QED) is 0.857. The van der Waals surface area contributed by atoms with Crippen LogP contribution in [0.2, 0.25) is 0 Å². The van der Waals surface area contributed by atoms with Gasteiger partial charge in [-0.3, -0.25) is 4.90 Å².